The topological polar surface area (TPSA) is 50.2 Å². The van der Waals surface area contributed by atoms with Gasteiger partial charge in [0.1, 0.15) is 5.82 Å². The van der Waals surface area contributed by atoms with Crippen LogP contribution in [-0.2, 0) is 0 Å². The molecule has 4 rings (SSSR count). The van der Waals surface area contributed by atoms with Crippen LogP contribution in [0.5, 0.6) is 0 Å². The van der Waals surface area contributed by atoms with Gasteiger partial charge in [-0.3, -0.25) is 10.4 Å². The van der Waals surface area contributed by atoms with Crippen molar-refractivity contribution in [2.45, 2.75) is 0 Å². The van der Waals surface area contributed by atoms with E-state index in [1.165, 1.54) is 17.4 Å². The molecule has 0 unspecified atom stereocenters. The van der Waals surface area contributed by atoms with Gasteiger partial charge in [-0.15, -0.1) is 11.3 Å². The summed E-state index contributed by atoms with van der Waals surface area (Å²) < 4.78 is 13.8. The third-order valence-corrected chi connectivity index (χ3v) is 4.43. The summed E-state index contributed by atoms with van der Waals surface area (Å²) in [5, 5.41) is 7.35. The number of nitrogens with one attached hydrogen (secondary N) is 1. The van der Waals surface area contributed by atoms with Crippen molar-refractivity contribution in [3.8, 4) is 11.3 Å². The number of rotatable bonds is 4. The minimum atomic E-state index is -0.291. The number of anilines is 1. The molecule has 4 aromatic rings. The average Bonchev–Trinajstić information content (AvgIpc) is 3.14. The summed E-state index contributed by atoms with van der Waals surface area (Å²) in [6.45, 7) is 0. The van der Waals surface area contributed by atoms with Gasteiger partial charge in [-0.25, -0.2) is 9.37 Å². The summed E-state index contributed by atoms with van der Waals surface area (Å²) >= 11 is 1.47. The zero-order chi connectivity index (χ0) is 17.1. The van der Waals surface area contributed by atoms with Crippen LogP contribution in [-0.4, -0.2) is 16.2 Å². The van der Waals surface area contributed by atoms with E-state index in [0.29, 0.717) is 16.0 Å². The Morgan fingerprint density at radius 1 is 1.04 bits per heavy atom. The molecule has 0 fully saturated rings. The maximum absolute atomic E-state index is 13.8. The van der Waals surface area contributed by atoms with Gasteiger partial charge < -0.3 is 0 Å². The Kier molecular flexibility index (Phi) is 4.18. The van der Waals surface area contributed by atoms with Gasteiger partial charge in [-0.2, -0.15) is 5.10 Å². The first-order valence-corrected chi connectivity index (χ1v) is 8.52. The molecule has 2 aromatic heterocycles. The monoisotopic (exact) mass is 348 g/mol. The standard InChI is InChI=1S/C19H13FN4S/c20-16-9-8-14(18-15(16)7-4-10-21-18)11-22-24-19-23-17(12-25-19)13-5-2-1-3-6-13/h1-12H,(H,23,24). The van der Waals surface area contributed by atoms with Crippen LogP contribution in [0.2, 0.25) is 0 Å². The number of hydrogen-bond donors (Lipinski definition) is 1. The first-order chi connectivity index (χ1) is 12.3. The molecular formula is C19H13FN4S. The zero-order valence-electron chi connectivity index (χ0n) is 13.1. The predicted molar refractivity (Wildman–Crippen MR) is 100 cm³/mol. The van der Waals surface area contributed by atoms with E-state index in [4.69, 9.17) is 0 Å². The quantitative estimate of drug-likeness (QED) is 0.420. The number of nitrogens with zero attached hydrogens (tertiary/aromatic N) is 3. The Morgan fingerprint density at radius 3 is 2.80 bits per heavy atom. The van der Waals surface area contributed by atoms with E-state index in [1.807, 2.05) is 35.7 Å². The van der Waals surface area contributed by atoms with Crippen LogP contribution in [0, 0.1) is 5.82 Å². The van der Waals surface area contributed by atoms with Crippen LogP contribution < -0.4 is 5.43 Å². The molecule has 0 radical (unpaired) electrons. The van der Waals surface area contributed by atoms with Crippen LogP contribution in [0.3, 0.4) is 0 Å². The van der Waals surface area contributed by atoms with Gasteiger partial charge in [0.2, 0.25) is 5.13 Å². The number of halogens is 1. The lowest BCUT2D eigenvalue weighted by Gasteiger charge is -2.02. The third kappa shape index (κ3) is 3.25. The zero-order valence-corrected chi connectivity index (χ0v) is 13.9. The van der Waals surface area contributed by atoms with Crippen molar-refractivity contribution in [2.75, 3.05) is 5.43 Å². The molecule has 122 valence electrons. The Bertz CT molecular complexity index is 1040. The van der Waals surface area contributed by atoms with Crippen molar-refractivity contribution in [2.24, 2.45) is 5.10 Å². The molecule has 2 aromatic carbocycles. The first-order valence-electron chi connectivity index (χ1n) is 7.64. The minimum Gasteiger partial charge on any atom is -0.255 e. The summed E-state index contributed by atoms with van der Waals surface area (Å²) in [6.07, 6.45) is 3.26. The van der Waals surface area contributed by atoms with Gasteiger partial charge in [0.25, 0.3) is 0 Å². The first kappa shape index (κ1) is 15.4. The molecule has 0 aliphatic rings. The molecule has 2 heterocycles. The molecule has 0 saturated carbocycles. The molecule has 0 atom stereocenters. The Hall–Kier alpha value is -3.12. The highest BCUT2D eigenvalue weighted by Gasteiger charge is 2.05. The fourth-order valence-electron chi connectivity index (χ4n) is 2.49. The van der Waals surface area contributed by atoms with Crippen LogP contribution in [0.25, 0.3) is 22.2 Å². The Morgan fingerprint density at radius 2 is 1.92 bits per heavy atom. The third-order valence-electron chi connectivity index (χ3n) is 3.69. The fraction of sp³-hybridized carbons (Fsp3) is 0. The lowest BCUT2D eigenvalue weighted by Crippen LogP contribution is -1.93. The molecule has 0 aliphatic heterocycles. The van der Waals surface area contributed by atoms with Crippen LogP contribution in [0.1, 0.15) is 5.56 Å². The maximum Gasteiger partial charge on any atom is 0.203 e. The summed E-state index contributed by atoms with van der Waals surface area (Å²) in [4.78, 5) is 8.75. The molecular weight excluding hydrogens is 335 g/mol. The second-order valence-electron chi connectivity index (χ2n) is 5.31. The second-order valence-corrected chi connectivity index (χ2v) is 6.17. The van der Waals surface area contributed by atoms with Gasteiger partial charge in [-0.1, -0.05) is 30.3 Å². The van der Waals surface area contributed by atoms with Gasteiger partial charge >= 0.3 is 0 Å². The van der Waals surface area contributed by atoms with Gasteiger partial charge in [0.15, 0.2) is 0 Å². The minimum absolute atomic E-state index is 0.291. The number of aromatic nitrogens is 2. The van der Waals surface area contributed by atoms with Crippen molar-refractivity contribution in [3.05, 3.63) is 77.6 Å². The van der Waals surface area contributed by atoms with Crippen molar-refractivity contribution in [3.63, 3.8) is 0 Å². The molecule has 6 heteroatoms. The maximum atomic E-state index is 13.8. The van der Waals surface area contributed by atoms with E-state index < -0.39 is 0 Å². The largest absolute Gasteiger partial charge is 0.255 e. The molecule has 4 nitrogen and oxygen atoms in total. The smallest absolute Gasteiger partial charge is 0.203 e. The number of hydrazone groups is 1. The molecule has 0 bridgehead atoms. The van der Waals surface area contributed by atoms with Crippen molar-refractivity contribution in [1.29, 1.82) is 0 Å². The van der Waals surface area contributed by atoms with Gasteiger partial charge in [0.05, 0.1) is 17.4 Å². The van der Waals surface area contributed by atoms with Crippen molar-refractivity contribution < 1.29 is 4.39 Å². The Labute approximate surface area is 147 Å². The molecule has 0 saturated heterocycles. The number of benzene rings is 2. The van der Waals surface area contributed by atoms with E-state index in [1.54, 1.807) is 30.6 Å². The molecule has 0 amide bonds. The summed E-state index contributed by atoms with van der Waals surface area (Å²) in [6, 6.07) is 16.5. The van der Waals surface area contributed by atoms with Crippen LogP contribution in [0.4, 0.5) is 9.52 Å². The van der Waals surface area contributed by atoms with E-state index >= 15 is 0 Å². The van der Waals surface area contributed by atoms with E-state index in [2.05, 4.69) is 20.5 Å². The lowest BCUT2D eigenvalue weighted by atomic mass is 10.1. The fourth-order valence-corrected chi connectivity index (χ4v) is 3.16. The van der Waals surface area contributed by atoms with E-state index in [9.17, 15) is 4.39 Å². The lowest BCUT2D eigenvalue weighted by molar-refractivity contribution is 0.639. The second kappa shape index (κ2) is 6.78. The van der Waals surface area contributed by atoms with Crippen molar-refractivity contribution in [1.82, 2.24) is 9.97 Å². The summed E-state index contributed by atoms with van der Waals surface area (Å²) in [5.74, 6) is -0.291. The number of fused-ring (bicyclic) bond motifs is 1. The number of pyridine rings is 1. The van der Waals surface area contributed by atoms with Gasteiger partial charge in [-0.05, 0) is 24.3 Å². The van der Waals surface area contributed by atoms with E-state index in [0.717, 1.165) is 16.8 Å². The van der Waals surface area contributed by atoms with E-state index in [-0.39, 0.29) is 5.82 Å². The number of hydrogen-bond acceptors (Lipinski definition) is 5. The normalized spacial score (nSPS) is 11.2. The average molecular weight is 348 g/mol. The highest BCUT2D eigenvalue weighted by atomic mass is 32.1. The molecule has 0 aliphatic carbocycles. The predicted octanol–water partition coefficient (Wildman–Crippen LogP) is 4.94. The van der Waals surface area contributed by atoms with Crippen LogP contribution in [0.15, 0.2) is 71.3 Å². The molecule has 0 spiro atoms. The van der Waals surface area contributed by atoms with Crippen LogP contribution >= 0.6 is 11.3 Å². The van der Waals surface area contributed by atoms with Crippen molar-refractivity contribution >= 4 is 33.6 Å². The Balaban J connectivity index is 1.54. The molecule has 25 heavy (non-hydrogen) atoms. The highest BCUT2D eigenvalue weighted by Crippen LogP contribution is 2.24. The number of thiazole rings is 1. The molecule has 1 N–H and O–H groups in total. The summed E-state index contributed by atoms with van der Waals surface area (Å²) in [7, 11) is 0. The van der Waals surface area contributed by atoms with Gasteiger partial charge in [0, 0.05) is 28.1 Å². The SMILES string of the molecule is Fc1ccc(C=NNc2nc(-c3ccccc3)cs2)c2ncccc12. The summed E-state index contributed by atoms with van der Waals surface area (Å²) in [5.41, 5.74) is 6.20. The highest BCUT2D eigenvalue weighted by molar-refractivity contribution is 7.14.